The zero-order valence-corrected chi connectivity index (χ0v) is 12.0. The van der Waals surface area contributed by atoms with Gasteiger partial charge in [-0.05, 0) is 36.8 Å². The standard InChI is InChI=1S/C14H16N4O3/c1-9-6-11(17-16-9)14(19)18-15-8-10-4-5-12(20-2)13(7-10)21-3/h4-8H,1-3H3,(H,16,17)(H,18,19). The summed E-state index contributed by atoms with van der Waals surface area (Å²) in [6.07, 6.45) is 1.51. The van der Waals surface area contributed by atoms with Crippen molar-refractivity contribution in [3.8, 4) is 11.5 Å². The quantitative estimate of drug-likeness (QED) is 0.644. The van der Waals surface area contributed by atoms with Crippen molar-refractivity contribution in [1.82, 2.24) is 15.6 Å². The normalized spacial score (nSPS) is 10.6. The third-order valence-corrected chi connectivity index (χ3v) is 2.73. The monoisotopic (exact) mass is 288 g/mol. The molecule has 7 heteroatoms. The molecule has 1 aromatic carbocycles. The molecular formula is C14H16N4O3. The predicted molar refractivity (Wildman–Crippen MR) is 77.9 cm³/mol. The maximum atomic E-state index is 11.7. The molecule has 110 valence electrons. The Kier molecular flexibility index (Phi) is 4.55. The minimum Gasteiger partial charge on any atom is -0.493 e. The molecule has 0 aliphatic heterocycles. The number of carbonyl (C=O) groups excluding carboxylic acids is 1. The van der Waals surface area contributed by atoms with Crippen LogP contribution in [0.15, 0.2) is 29.4 Å². The number of aromatic nitrogens is 2. The van der Waals surface area contributed by atoms with Gasteiger partial charge in [-0.15, -0.1) is 0 Å². The van der Waals surface area contributed by atoms with Crippen molar-refractivity contribution in [2.45, 2.75) is 6.92 Å². The number of H-pyrrole nitrogens is 1. The number of ether oxygens (including phenoxy) is 2. The number of rotatable bonds is 5. The van der Waals surface area contributed by atoms with Crippen LogP contribution >= 0.6 is 0 Å². The van der Waals surface area contributed by atoms with Gasteiger partial charge in [0.25, 0.3) is 5.91 Å². The molecule has 2 N–H and O–H groups in total. The number of methoxy groups -OCH3 is 2. The van der Waals surface area contributed by atoms with E-state index < -0.39 is 0 Å². The van der Waals surface area contributed by atoms with Crippen LogP contribution in [-0.2, 0) is 0 Å². The van der Waals surface area contributed by atoms with Gasteiger partial charge in [-0.1, -0.05) is 0 Å². The summed E-state index contributed by atoms with van der Waals surface area (Å²) in [6, 6.07) is 6.96. The fourth-order valence-corrected chi connectivity index (χ4v) is 1.69. The van der Waals surface area contributed by atoms with Crippen LogP contribution < -0.4 is 14.9 Å². The molecule has 0 atom stereocenters. The van der Waals surface area contributed by atoms with Gasteiger partial charge < -0.3 is 9.47 Å². The number of hydrogen-bond donors (Lipinski definition) is 2. The van der Waals surface area contributed by atoms with Gasteiger partial charge in [0, 0.05) is 5.69 Å². The molecule has 0 saturated carbocycles. The first-order chi connectivity index (χ1) is 10.1. The average molecular weight is 288 g/mol. The lowest BCUT2D eigenvalue weighted by Gasteiger charge is -2.07. The molecule has 0 saturated heterocycles. The predicted octanol–water partition coefficient (Wildman–Crippen LogP) is 1.50. The molecule has 1 amide bonds. The summed E-state index contributed by atoms with van der Waals surface area (Å²) in [7, 11) is 3.12. The van der Waals surface area contributed by atoms with E-state index in [1.54, 1.807) is 38.5 Å². The fraction of sp³-hybridized carbons (Fsp3) is 0.214. The third-order valence-electron chi connectivity index (χ3n) is 2.73. The van der Waals surface area contributed by atoms with Gasteiger partial charge in [0.1, 0.15) is 0 Å². The van der Waals surface area contributed by atoms with Crippen LogP contribution in [0, 0.1) is 6.92 Å². The van der Waals surface area contributed by atoms with E-state index >= 15 is 0 Å². The van der Waals surface area contributed by atoms with Gasteiger partial charge >= 0.3 is 0 Å². The van der Waals surface area contributed by atoms with Gasteiger partial charge in [-0.25, -0.2) is 5.43 Å². The van der Waals surface area contributed by atoms with E-state index in [4.69, 9.17) is 9.47 Å². The van der Waals surface area contributed by atoms with E-state index in [1.165, 1.54) is 6.21 Å². The van der Waals surface area contributed by atoms with Crippen LogP contribution in [0.5, 0.6) is 11.5 Å². The Morgan fingerprint density at radius 1 is 1.29 bits per heavy atom. The Morgan fingerprint density at radius 2 is 2.05 bits per heavy atom. The first-order valence-corrected chi connectivity index (χ1v) is 6.21. The summed E-state index contributed by atoms with van der Waals surface area (Å²) < 4.78 is 10.3. The summed E-state index contributed by atoms with van der Waals surface area (Å²) in [6.45, 7) is 1.82. The summed E-state index contributed by atoms with van der Waals surface area (Å²) in [5, 5.41) is 10.4. The van der Waals surface area contributed by atoms with E-state index in [0.717, 1.165) is 11.3 Å². The van der Waals surface area contributed by atoms with Crippen LogP contribution in [0.4, 0.5) is 0 Å². The average Bonchev–Trinajstić information content (AvgIpc) is 2.93. The number of nitrogens with one attached hydrogen (secondary N) is 2. The van der Waals surface area contributed by atoms with Crippen molar-refractivity contribution < 1.29 is 14.3 Å². The van der Waals surface area contributed by atoms with Crippen molar-refractivity contribution in [1.29, 1.82) is 0 Å². The molecule has 1 heterocycles. The molecule has 0 unspecified atom stereocenters. The molecule has 2 rings (SSSR count). The largest absolute Gasteiger partial charge is 0.493 e. The number of aryl methyl sites for hydroxylation is 1. The van der Waals surface area contributed by atoms with Crippen LogP contribution in [0.1, 0.15) is 21.7 Å². The zero-order chi connectivity index (χ0) is 15.2. The van der Waals surface area contributed by atoms with Crippen LogP contribution in [0.2, 0.25) is 0 Å². The highest BCUT2D eigenvalue weighted by Gasteiger charge is 2.07. The van der Waals surface area contributed by atoms with Crippen molar-refractivity contribution in [3.05, 3.63) is 41.2 Å². The van der Waals surface area contributed by atoms with Crippen LogP contribution in [0.25, 0.3) is 0 Å². The highest BCUT2D eigenvalue weighted by Crippen LogP contribution is 2.26. The first kappa shape index (κ1) is 14.6. The van der Waals surface area contributed by atoms with Crippen molar-refractivity contribution in [3.63, 3.8) is 0 Å². The molecule has 2 aromatic rings. The van der Waals surface area contributed by atoms with Gasteiger partial charge in [0.2, 0.25) is 0 Å². The van der Waals surface area contributed by atoms with Gasteiger partial charge in [-0.3, -0.25) is 9.89 Å². The minimum atomic E-state index is -0.379. The summed E-state index contributed by atoms with van der Waals surface area (Å²) in [4.78, 5) is 11.7. The lowest BCUT2D eigenvalue weighted by molar-refractivity contribution is 0.0950. The smallest absolute Gasteiger partial charge is 0.291 e. The Labute approximate surface area is 122 Å². The number of benzene rings is 1. The van der Waals surface area contributed by atoms with Gasteiger partial charge in [0.05, 0.1) is 20.4 Å². The molecule has 1 aromatic heterocycles. The highest BCUT2D eigenvalue weighted by molar-refractivity contribution is 5.93. The van der Waals surface area contributed by atoms with E-state index in [2.05, 4.69) is 20.7 Å². The first-order valence-electron chi connectivity index (χ1n) is 6.21. The Morgan fingerprint density at radius 3 is 2.67 bits per heavy atom. The molecule has 21 heavy (non-hydrogen) atoms. The zero-order valence-electron chi connectivity index (χ0n) is 12.0. The number of carbonyl (C=O) groups is 1. The molecular weight excluding hydrogens is 272 g/mol. The SMILES string of the molecule is COc1ccc(C=NNC(=O)c2cc(C)[nH]n2)cc1OC. The Bertz CT molecular complexity index is 664. The van der Waals surface area contributed by atoms with Crippen molar-refractivity contribution in [2.24, 2.45) is 5.10 Å². The van der Waals surface area contributed by atoms with E-state index in [0.29, 0.717) is 11.5 Å². The van der Waals surface area contributed by atoms with E-state index in [-0.39, 0.29) is 11.6 Å². The lowest BCUT2D eigenvalue weighted by Crippen LogP contribution is -2.18. The topological polar surface area (TPSA) is 88.6 Å². The summed E-state index contributed by atoms with van der Waals surface area (Å²) in [5.74, 6) is 0.845. The minimum absolute atomic E-state index is 0.289. The molecule has 0 aliphatic carbocycles. The molecule has 7 nitrogen and oxygen atoms in total. The number of hydrogen-bond acceptors (Lipinski definition) is 5. The van der Waals surface area contributed by atoms with Gasteiger partial charge in [0.15, 0.2) is 17.2 Å². The van der Waals surface area contributed by atoms with Crippen LogP contribution in [0.3, 0.4) is 0 Å². The van der Waals surface area contributed by atoms with Crippen LogP contribution in [-0.4, -0.2) is 36.5 Å². The van der Waals surface area contributed by atoms with Crippen molar-refractivity contribution in [2.75, 3.05) is 14.2 Å². The molecule has 0 fully saturated rings. The van der Waals surface area contributed by atoms with Gasteiger partial charge in [-0.2, -0.15) is 10.2 Å². The molecule has 0 bridgehead atoms. The number of aromatic amines is 1. The maximum Gasteiger partial charge on any atom is 0.291 e. The molecule has 0 radical (unpaired) electrons. The third kappa shape index (κ3) is 3.59. The fourth-order valence-electron chi connectivity index (χ4n) is 1.69. The number of hydrazone groups is 1. The number of nitrogens with zero attached hydrogens (tertiary/aromatic N) is 2. The molecule has 0 aliphatic rings. The summed E-state index contributed by atoms with van der Waals surface area (Å²) >= 11 is 0. The maximum absolute atomic E-state index is 11.7. The van der Waals surface area contributed by atoms with E-state index in [1.807, 2.05) is 6.92 Å². The second-order valence-corrected chi connectivity index (χ2v) is 4.25. The second kappa shape index (κ2) is 6.56. The highest BCUT2D eigenvalue weighted by atomic mass is 16.5. The van der Waals surface area contributed by atoms with Crippen molar-refractivity contribution >= 4 is 12.1 Å². The Hall–Kier alpha value is -2.83. The molecule has 0 spiro atoms. The lowest BCUT2D eigenvalue weighted by atomic mass is 10.2. The Balaban J connectivity index is 2.03. The summed E-state index contributed by atoms with van der Waals surface area (Å²) in [5.41, 5.74) is 4.27. The van der Waals surface area contributed by atoms with E-state index in [9.17, 15) is 4.79 Å². The number of amides is 1. The second-order valence-electron chi connectivity index (χ2n) is 4.25.